The molecule has 0 saturated heterocycles. The molecule has 0 spiro atoms. The van der Waals surface area contributed by atoms with Crippen LogP contribution in [0, 0.1) is 5.82 Å². The molecule has 2 N–H and O–H groups in total. The summed E-state index contributed by atoms with van der Waals surface area (Å²) in [5, 5.41) is 5.32. The molecule has 0 unspecified atom stereocenters. The number of rotatable bonds is 7. The van der Waals surface area contributed by atoms with Gasteiger partial charge in [0, 0.05) is 6.54 Å². The topological polar surface area (TPSA) is 67.4 Å². The van der Waals surface area contributed by atoms with E-state index in [1.54, 1.807) is 36.4 Å². The number of hydrogen-bond donors (Lipinski definition) is 2. The van der Waals surface area contributed by atoms with Gasteiger partial charge in [0.1, 0.15) is 17.3 Å². The fraction of sp³-hybridized carbons (Fsp3) is 0.100. The van der Waals surface area contributed by atoms with E-state index in [1.165, 1.54) is 23.5 Å². The largest absolute Gasteiger partial charge is 0.457 e. The first kappa shape index (κ1) is 20.0. The van der Waals surface area contributed by atoms with Crippen molar-refractivity contribution in [2.45, 2.75) is 6.54 Å². The minimum atomic E-state index is -0.321. The van der Waals surface area contributed by atoms with Crippen LogP contribution in [0.4, 0.5) is 4.39 Å². The smallest absolute Gasteiger partial charge is 0.261 e. The maximum atomic E-state index is 12.9. The first-order chi connectivity index (χ1) is 13.5. The van der Waals surface area contributed by atoms with Gasteiger partial charge in [0.2, 0.25) is 5.91 Å². The summed E-state index contributed by atoms with van der Waals surface area (Å²) in [7, 11) is 0. The maximum Gasteiger partial charge on any atom is 0.261 e. The van der Waals surface area contributed by atoms with E-state index in [1.807, 2.05) is 12.1 Å². The van der Waals surface area contributed by atoms with Crippen LogP contribution in [0.15, 0.2) is 64.5 Å². The van der Waals surface area contributed by atoms with Crippen LogP contribution >= 0.6 is 27.3 Å². The molecule has 0 aliphatic carbocycles. The van der Waals surface area contributed by atoms with E-state index in [2.05, 4.69) is 26.6 Å². The zero-order valence-electron chi connectivity index (χ0n) is 14.6. The van der Waals surface area contributed by atoms with Gasteiger partial charge in [0.15, 0.2) is 0 Å². The van der Waals surface area contributed by atoms with Gasteiger partial charge in [-0.15, -0.1) is 11.3 Å². The van der Waals surface area contributed by atoms with Crippen LogP contribution in [-0.2, 0) is 11.3 Å². The van der Waals surface area contributed by atoms with Crippen LogP contribution in [0.25, 0.3) is 0 Å². The lowest BCUT2D eigenvalue weighted by molar-refractivity contribution is -0.120. The molecular weight excluding hydrogens is 447 g/mol. The summed E-state index contributed by atoms with van der Waals surface area (Å²) in [6.07, 6.45) is 0. The van der Waals surface area contributed by atoms with Crippen LogP contribution in [0.1, 0.15) is 15.2 Å². The van der Waals surface area contributed by atoms with Crippen molar-refractivity contribution in [3.63, 3.8) is 0 Å². The highest BCUT2D eigenvalue weighted by atomic mass is 79.9. The highest BCUT2D eigenvalue weighted by Crippen LogP contribution is 2.22. The molecule has 0 radical (unpaired) electrons. The van der Waals surface area contributed by atoms with E-state index < -0.39 is 0 Å². The fourth-order valence-electron chi connectivity index (χ4n) is 2.26. The Hall–Kier alpha value is -2.71. The third-order valence-corrected chi connectivity index (χ3v) is 5.29. The van der Waals surface area contributed by atoms with E-state index in [0.717, 1.165) is 9.35 Å². The summed E-state index contributed by atoms with van der Waals surface area (Å²) in [6, 6.07) is 16.4. The van der Waals surface area contributed by atoms with E-state index >= 15 is 0 Å². The van der Waals surface area contributed by atoms with Crippen LogP contribution in [0.2, 0.25) is 0 Å². The molecule has 144 valence electrons. The van der Waals surface area contributed by atoms with Gasteiger partial charge < -0.3 is 15.4 Å². The van der Waals surface area contributed by atoms with E-state index in [-0.39, 0.29) is 24.2 Å². The summed E-state index contributed by atoms with van der Waals surface area (Å²) in [5.74, 6) is 0.258. The van der Waals surface area contributed by atoms with Crippen LogP contribution < -0.4 is 15.4 Å². The van der Waals surface area contributed by atoms with Crippen molar-refractivity contribution in [1.29, 1.82) is 0 Å². The minimum Gasteiger partial charge on any atom is -0.457 e. The van der Waals surface area contributed by atoms with Crippen molar-refractivity contribution in [2.75, 3.05) is 6.54 Å². The second kappa shape index (κ2) is 9.48. The predicted molar refractivity (Wildman–Crippen MR) is 109 cm³/mol. The quantitative estimate of drug-likeness (QED) is 0.543. The molecule has 1 aromatic heterocycles. The van der Waals surface area contributed by atoms with Gasteiger partial charge in [-0.3, -0.25) is 9.59 Å². The zero-order valence-corrected chi connectivity index (χ0v) is 17.0. The lowest BCUT2D eigenvalue weighted by atomic mass is 10.2. The van der Waals surface area contributed by atoms with Gasteiger partial charge in [-0.2, -0.15) is 0 Å². The average molecular weight is 463 g/mol. The van der Waals surface area contributed by atoms with Gasteiger partial charge in [0.25, 0.3) is 5.91 Å². The maximum absolute atomic E-state index is 12.9. The summed E-state index contributed by atoms with van der Waals surface area (Å²) in [6.45, 7) is 0.232. The molecule has 1 heterocycles. The fourth-order valence-corrected chi connectivity index (χ4v) is 3.56. The van der Waals surface area contributed by atoms with E-state index in [4.69, 9.17) is 4.74 Å². The van der Waals surface area contributed by atoms with Crippen LogP contribution in [-0.4, -0.2) is 18.4 Å². The van der Waals surface area contributed by atoms with Gasteiger partial charge in [-0.05, 0) is 70.0 Å². The number of thiophene rings is 1. The Bertz CT molecular complexity index is 958. The number of amides is 2. The van der Waals surface area contributed by atoms with Gasteiger partial charge in [-0.1, -0.05) is 12.1 Å². The van der Waals surface area contributed by atoms with Gasteiger partial charge in [0.05, 0.1) is 15.2 Å². The Labute approximate surface area is 173 Å². The second-order valence-corrected chi connectivity index (χ2v) is 8.23. The molecule has 2 aromatic carbocycles. The first-order valence-electron chi connectivity index (χ1n) is 8.32. The molecule has 0 atom stereocenters. The standard InChI is InChI=1S/C20H16BrFN2O3S/c21-18-10-9-17(28-18)20(26)24-12-19(25)23-11-13-1-5-15(6-2-13)27-16-7-3-14(22)4-8-16/h1-10H,11-12H2,(H,23,25)(H,24,26). The summed E-state index contributed by atoms with van der Waals surface area (Å²) < 4.78 is 19.4. The number of carbonyl (C=O) groups is 2. The highest BCUT2D eigenvalue weighted by molar-refractivity contribution is 9.11. The first-order valence-corrected chi connectivity index (χ1v) is 9.93. The predicted octanol–water partition coefficient (Wildman–Crippen LogP) is 4.49. The number of halogens is 2. The molecule has 8 heteroatoms. The van der Waals surface area contributed by atoms with Gasteiger partial charge >= 0.3 is 0 Å². The zero-order chi connectivity index (χ0) is 19.9. The number of carbonyl (C=O) groups excluding carboxylic acids is 2. The Morgan fingerprint density at radius 3 is 2.18 bits per heavy atom. The third kappa shape index (κ3) is 5.90. The van der Waals surface area contributed by atoms with Crippen molar-refractivity contribution in [2.24, 2.45) is 0 Å². The lowest BCUT2D eigenvalue weighted by Crippen LogP contribution is -2.36. The van der Waals surface area contributed by atoms with E-state index in [0.29, 0.717) is 22.9 Å². The van der Waals surface area contributed by atoms with Crippen molar-refractivity contribution in [3.05, 3.63) is 80.7 Å². The Kier molecular flexibility index (Phi) is 6.78. The molecule has 2 amide bonds. The van der Waals surface area contributed by atoms with E-state index in [9.17, 15) is 14.0 Å². The van der Waals surface area contributed by atoms with Crippen molar-refractivity contribution in [3.8, 4) is 11.5 Å². The summed E-state index contributed by atoms with van der Waals surface area (Å²) in [4.78, 5) is 24.4. The van der Waals surface area contributed by atoms with Gasteiger partial charge in [-0.25, -0.2) is 4.39 Å². The molecule has 0 aliphatic rings. The molecule has 5 nitrogen and oxygen atoms in total. The van der Waals surface area contributed by atoms with Crippen LogP contribution in [0.3, 0.4) is 0 Å². The SMILES string of the molecule is O=C(CNC(=O)c1ccc(Br)s1)NCc1ccc(Oc2ccc(F)cc2)cc1. The number of hydrogen-bond acceptors (Lipinski definition) is 4. The van der Waals surface area contributed by atoms with Crippen molar-refractivity contribution >= 4 is 39.1 Å². The molecule has 0 bridgehead atoms. The Morgan fingerprint density at radius 1 is 0.929 bits per heavy atom. The molecular formula is C20H16BrFN2O3S. The minimum absolute atomic E-state index is 0.0971. The molecule has 0 fully saturated rings. The molecule has 0 saturated carbocycles. The van der Waals surface area contributed by atoms with Crippen LogP contribution in [0.5, 0.6) is 11.5 Å². The molecule has 0 aliphatic heterocycles. The third-order valence-electron chi connectivity index (χ3n) is 3.67. The highest BCUT2D eigenvalue weighted by Gasteiger charge is 2.10. The summed E-state index contributed by atoms with van der Waals surface area (Å²) in [5.41, 5.74) is 0.883. The molecule has 3 rings (SSSR count). The second-order valence-electron chi connectivity index (χ2n) is 5.76. The number of nitrogens with one attached hydrogen (secondary N) is 2. The number of ether oxygens (including phenoxy) is 1. The molecule has 28 heavy (non-hydrogen) atoms. The average Bonchev–Trinajstić information content (AvgIpc) is 3.14. The summed E-state index contributed by atoms with van der Waals surface area (Å²) >= 11 is 4.60. The van der Waals surface area contributed by atoms with Crippen molar-refractivity contribution < 1.29 is 18.7 Å². The lowest BCUT2D eigenvalue weighted by Gasteiger charge is -2.08. The molecule has 3 aromatic rings. The monoisotopic (exact) mass is 462 g/mol. The number of benzene rings is 2. The Morgan fingerprint density at radius 2 is 1.57 bits per heavy atom. The normalized spacial score (nSPS) is 10.4. The Balaban J connectivity index is 1.43. The van der Waals surface area contributed by atoms with Crippen molar-refractivity contribution in [1.82, 2.24) is 10.6 Å².